The fraction of sp³-hybridized carbons (Fsp3) is 0.462. The lowest BCUT2D eigenvalue weighted by atomic mass is 10.3. The number of nitrogens with two attached hydrogens (primary N) is 1. The number of anilines is 1. The van der Waals surface area contributed by atoms with Gasteiger partial charge in [0.05, 0.1) is 18.1 Å². The van der Waals surface area contributed by atoms with E-state index < -0.39 is 0 Å². The van der Waals surface area contributed by atoms with Crippen LogP contribution in [0.1, 0.15) is 0 Å². The maximum absolute atomic E-state index is 11.9. The predicted molar refractivity (Wildman–Crippen MR) is 80.1 cm³/mol. The summed E-state index contributed by atoms with van der Waals surface area (Å²) in [5.74, 6) is 0.427. The first-order chi connectivity index (χ1) is 10.1. The van der Waals surface area contributed by atoms with Gasteiger partial charge in [0.1, 0.15) is 5.82 Å². The Balaban J connectivity index is 1.81. The number of rotatable bonds is 4. The number of nitrogens with one attached hydrogen (secondary N) is 1. The van der Waals surface area contributed by atoms with Crippen LogP contribution in [0.2, 0.25) is 5.02 Å². The summed E-state index contributed by atoms with van der Waals surface area (Å²) in [6, 6.07) is 3.66. The Kier molecular flexibility index (Phi) is 5.35. The molecule has 0 saturated carbocycles. The van der Waals surface area contributed by atoms with Crippen LogP contribution in [0.15, 0.2) is 18.3 Å². The number of pyridine rings is 1. The van der Waals surface area contributed by atoms with Crippen LogP contribution in [-0.4, -0.2) is 61.0 Å². The zero-order chi connectivity index (χ0) is 15.2. The summed E-state index contributed by atoms with van der Waals surface area (Å²) in [4.78, 5) is 31.0. The number of carbonyl (C=O) groups excluding carboxylic acids is 2. The molecule has 0 radical (unpaired) electrons. The number of hydrogen-bond acceptors (Lipinski definition) is 5. The monoisotopic (exact) mass is 311 g/mol. The summed E-state index contributed by atoms with van der Waals surface area (Å²) < 4.78 is 0. The van der Waals surface area contributed by atoms with Gasteiger partial charge in [0.15, 0.2) is 0 Å². The lowest BCUT2D eigenvalue weighted by Crippen LogP contribution is -2.51. The summed E-state index contributed by atoms with van der Waals surface area (Å²) in [5.41, 5.74) is 5.17. The lowest BCUT2D eigenvalue weighted by Gasteiger charge is -2.35. The number of amides is 2. The molecule has 1 saturated heterocycles. The number of aromatic nitrogens is 1. The summed E-state index contributed by atoms with van der Waals surface area (Å²) in [6.45, 7) is 2.48. The largest absolute Gasteiger partial charge is 0.353 e. The number of hydrogen-bond donors (Lipinski definition) is 2. The Morgan fingerprint density at radius 1 is 1.29 bits per heavy atom. The van der Waals surface area contributed by atoms with Crippen LogP contribution < -0.4 is 16.0 Å². The third-order valence-corrected chi connectivity index (χ3v) is 3.51. The Bertz CT molecular complexity index is 500. The molecule has 0 unspecified atom stereocenters. The van der Waals surface area contributed by atoms with Crippen molar-refractivity contribution in [2.24, 2.45) is 5.73 Å². The molecule has 0 aromatic carbocycles. The molecule has 2 heterocycles. The number of nitrogens with zero attached hydrogens (tertiary/aromatic N) is 3. The molecule has 0 aliphatic carbocycles. The summed E-state index contributed by atoms with van der Waals surface area (Å²) in [5, 5.41) is 3.08. The molecule has 1 aromatic rings. The average Bonchev–Trinajstić information content (AvgIpc) is 2.53. The van der Waals surface area contributed by atoms with Gasteiger partial charge in [-0.2, -0.15) is 0 Å². The zero-order valence-corrected chi connectivity index (χ0v) is 12.3. The highest BCUT2D eigenvalue weighted by Crippen LogP contribution is 2.16. The van der Waals surface area contributed by atoms with Crippen LogP contribution in [0.25, 0.3) is 0 Å². The molecule has 0 bridgehead atoms. The SMILES string of the molecule is NCC(=O)NCC(=O)N1CCN(c2ccc(Cl)cn2)CC1. The summed E-state index contributed by atoms with van der Waals surface area (Å²) in [7, 11) is 0. The van der Waals surface area contributed by atoms with E-state index >= 15 is 0 Å². The topological polar surface area (TPSA) is 91.6 Å². The van der Waals surface area contributed by atoms with Gasteiger partial charge < -0.3 is 20.9 Å². The van der Waals surface area contributed by atoms with Crippen molar-refractivity contribution in [3.63, 3.8) is 0 Å². The molecule has 1 aliphatic rings. The molecule has 1 aromatic heterocycles. The smallest absolute Gasteiger partial charge is 0.242 e. The van der Waals surface area contributed by atoms with E-state index in [1.54, 1.807) is 17.2 Å². The van der Waals surface area contributed by atoms with Crippen molar-refractivity contribution in [1.82, 2.24) is 15.2 Å². The molecule has 2 rings (SSSR count). The number of carbonyl (C=O) groups is 2. The van der Waals surface area contributed by atoms with Gasteiger partial charge in [0.25, 0.3) is 0 Å². The first-order valence-corrected chi connectivity index (χ1v) is 7.09. The second-order valence-corrected chi connectivity index (χ2v) is 5.12. The lowest BCUT2D eigenvalue weighted by molar-refractivity contribution is -0.132. The van der Waals surface area contributed by atoms with Crippen molar-refractivity contribution >= 4 is 29.2 Å². The zero-order valence-electron chi connectivity index (χ0n) is 11.6. The summed E-state index contributed by atoms with van der Waals surface area (Å²) >= 11 is 5.81. The van der Waals surface area contributed by atoms with Crippen LogP contribution >= 0.6 is 11.6 Å². The van der Waals surface area contributed by atoms with Gasteiger partial charge in [-0.15, -0.1) is 0 Å². The van der Waals surface area contributed by atoms with E-state index in [0.29, 0.717) is 31.2 Å². The van der Waals surface area contributed by atoms with Crippen LogP contribution in [0.3, 0.4) is 0 Å². The quantitative estimate of drug-likeness (QED) is 0.779. The highest BCUT2D eigenvalue weighted by atomic mass is 35.5. The molecule has 8 heteroatoms. The third-order valence-electron chi connectivity index (χ3n) is 3.29. The van der Waals surface area contributed by atoms with E-state index in [2.05, 4.69) is 15.2 Å². The fourth-order valence-electron chi connectivity index (χ4n) is 2.10. The first kappa shape index (κ1) is 15.5. The fourth-order valence-corrected chi connectivity index (χ4v) is 2.21. The number of piperazine rings is 1. The van der Waals surface area contributed by atoms with Gasteiger partial charge in [0, 0.05) is 32.4 Å². The van der Waals surface area contributed by atoms with E-state index in [-0.39, 0.29) is 24.9 Å². The number of halogens is 1. The highest BCUT2D eigenvalue weighted by molar-refractivity contribution is 6.30. The average molecular weight is 312 g/mol. The van der Waals surface area contributed by atoms with Gasteiger partial charge in [-0.05, 0) is 12.1 Å². The molecule has 114 valence electrons. The third kappa shape index (κ3) is 4.30. The predicted octanol–water partition coefficient (Wildman–Crippen LogP) is -0.542. The minimum absolute atomic E-state index is 0.00473. The maximum Gasteiger partial charge on any atom is 0.242 e. The Morgan fingerprint density at radius 3 is 2.57 bits per heavy atom. The van der Waals surface area contributed by atoms with Gasteiger partial charge >= 0.3 is 0 Å². The van der Waals surface area contributed by atoms with E-state index in [1.807, 2.05) is 6.07 Å². The molecule has 3 N–H and O–H groups in total. The van der Waals surface area contributed by atoms with Crippen molar-refractivity contribution < 1.29 is 9.59 Å². The first-order valence-electron chi connectivity index (χ1n) is 6.71. The van der Waals surface area contributed by atoms with Crippen LogP contribution in [-0.2, 0) is 9.59 Å². The molecule has 1 fully saturated rings. The second kappa shape index (κ2) is 7.24. The van der Waals surface area contributed by atoms with E-state index in [0.717, 1.165) is 5.82 Å². The second-order valence-electron chi connectivity index (χ2n) is 4.68. The Hall–Kier alpha value is -1.86. The maximum atomic E-state index is 11.9. The van der Waals surface area contributed by atoms with Gasteiger partial charge in [-0.25, -0.2) is 4.98 Å². The van der Waals surface area contributed by atoms with Gasteiger partial charge in [-0.1, -0.05) is 11.6 Å². The van der Waals surface area contributed by atoms with Gasteiger partial charge in [-0.3, -0.25) is 9.59 Å². The van der Waals surface area contributed by atoms with Crippen LogP contribution in [0.4, 0.5) is 5.82 Å². The molecule has 21 heavy (non-hydrogen) atoms. The van der Waals surface area contributed by atoms with Crippen molar-refractivity contribution in [3.05, 3.63) is 23.4 Å². The minimum Gasteiger partial charge on any atom is -0.353 e. The normalized spacial score (nSPS) is 15.0. The van der Waals surface area contributed by atoms with Crippen LogP contribution in [0.5, 0.6) is 0 Å². The van der Waals surface area contributed by atoms with E-state index in [9.17, 15) is 9.59 Å². The van der Waals surface area contributed by atoms with Crippen LogP contribution in [0, 0.1) is 0 Å². The Labute approximate surface area is 128 Å². The van der Waals surface area contributed by atoms with Gasteiger partial charge in [0.2, 0.25) is 11.8 Å². The minimum atomic E-state index is -0.327. The molecule has 1 aliphatic heterocycles. The molecular weight excluding hydrogens is 294 g/mol. The molecule has 0 spiro atoms. The van der Waals surface area contributed by atoms with Crippen molar-refractivity contribution in [1.29, 1.82) is 0 Å². The molecule has 0 atom stereocenters. The molecular formula is C13H18ClN5O2. The molecule has 7 nitrogen and oxygen atoms in total. The van der Waals surface area contributed by atoms with Crippen molar-refractivity contribution in [2.45, 2.75) is 0 Å². The van der Waals surface area contributed by atoms with E-state index in [4.69, 9.17) is 17.3 Å². The molecule has 2 amide bonds. The standard InChI is InChI=1S/C13H18ClN5O2/c14-10-1-2-11(16-8-10)18-3-5-19(6-4-18)13(21)9-17-12(20)7-15/h1-2,8H,3-7,9,15H2,(H,17,20). The van der Waals surface area contributed by atoms with Crippen molar-refractivity contribution in [3.8, 4) is 0 Å². The summed E-state index contributed by atoms with van der Waals surface area (Å²) in [6.07, 6.45) is 1.61. The Morgan fingerprint density at radius 2 is 2.00 bits per heavy atom. The highest BCUT2D eigenvalue weighted by Gasteiger charge is 2.21. The van der Waals surface area contributed by atoms with Crippen molar-refractivity contribution in [2.75, 3.05) is 44.2 Å². The van der Waals surface area contributed by atoms with E-state index in [1.165, 1.54) is 0 Å².